The number of amides is 1. The molecule has 168 valence electrons. The van der Waals surface area contributed by atoms with Gasteiger partial charge in [-0.3, -0.25) is 14.8 Å². The fourth-order valence-corrected chi connectivity index (χ4v) is 4.15. The van der Waals surface area contributed by atoms with E-state index in [2.05, 4.69) is 26.1 Å². The van der Waals surface area contributed by atoms with Crippen molar-refractivity contribution in [1.29, 1.82) is 0 Å². The molecule has 4 aromatic rings. The van der Waals surface area contributed by atoms with Gasteiger partial charge in [-0.15, -0.1) is 0 Å². The number of para-hydroxylation sites is 3. The SMILES string of the molecule is CC1c2c(-c3ccc(Br)cc3)n[nH]c2C(=O)N1c1ccccc1.COc1ccccc1OC. The summed E-state index contributed by atoms with van der Waals surface area (Å²) in [5, 5.41) is 7.31. The molecule has 1 unspecified atom stereocenters. The van der Waals surface area contributed by atoms with Gasteiger partial charge in [-0.1, -0.05) is 58.4 Å². The van der Waals surface area contributed by atoms with Gasteiger partial charge < -0.3 is 9.47 Å². The molecule has 1 aliphatic heterocycles. The third-order valence-electron chi connectivity index (χ3n) is 5.48. The molecule has 2 heterocycles. The lowest BCUT2D eigenvalue weighted by Crippen LogP contribution is -2.26. The van der Waals surface area contributed by atoms with Crippen molar-refractivity contribution < 1.29 is 14.3 Å². The van der Waals surface area contributed by atoms with E-state index < -0.39 is 0 Å². The predicted octanol–water partition coefficient (Wildman–Crippen LogP) is 6.26. The Morgan fingerprint density at radius 3 is 2.03 bits per heavy atom. The summed E-state index contributed by atoms with van der Waals surface area (Å²) in [5.74, 6) is 1.50. The van der Waals surface area contributed by atoms with Crippen LogP contribution in [-0.2, 0) is 0 Å². The maximum Gasteiger partial charge on any atom is 0.277 e. The van der Waals surface area contributed by atoms with Crippen molar-refractivity contribution in [1.82, 2.24) is 10.2 Å². The molecule has 0 bridgehead atoms. The molecule has 3 aromatic carbocycles. The maximum absolute atomic E-state index is 12.8. The minimum absolute atomic E-state index is 0.0328. The maximum atomic E-state index is 12.8. The standard InChI is InChI=1S/C18H14BrN3O.C8H10O2/c1-11-15-16(12-7-9-13(19)10-8-12)20-21-17(15)18(23)22(11)14-5-3-2-4-6-14;1-9-7-5-3-4-6-8(7)10-2/h2-11H,1H3,(H,20,21);3-6H,1-2H3. The number of rotatable bonds is 4. The average Bonchev–Trinajstić information content (AvgIpc) is 3.40. The van der Waals surface area contributed by atoms with E-state index in [0.29, 0.717) is 5.69 Å². The van der Waals surface area contributed by atoms with E-state index >= 15 is 0 Å². The Morgan fingerprint density at radius 2 is 1.45 bits per heavy atom. The van der Waals surface area contributed by atoms with Gasteiger partial charge in [0.1, 0.15) is 5.69 Å². The summed E-state index contributed by atoms with van der Waals surface area (Å²) in [5.41, 5.74) is 4.28. The highest BCUT2D eigenvalue weighted by Gasteiger charge is 2.39. The van der Waals surface area contributed by atoms with Crippen molar-refractivity contribution in [2.75, 3.05) is 19.1 Å². The summed E-state index contributed by atoms with van der Waals surface area (Å²) in [6, 6.07) is 25.2. The zero-order valence-corrected chi connectivity index (χ0v) is 20.2. The number of nitrogens with one attached hydrogen (secondary N) is 1. The second kappa shape index (κ2) is 9.92. The van der Waals surface area contributed by atoms with Crippen LogP contribution in [0, 0.1) is 0 Å². The van der Waals surface area contributed by atoms with Crippen LogP contribution in [0.4, 0.5) is 5.69 Å². The smallest absolute Gasteiger partial charge is 0.277 e. The van der Waals surface area contributed by atoms with E-state index in [1.165, 1.54) is 0 Å². The molecule has 1 N–H and O–H groups in total. The quantitative estimate of drug-likeness (QED) is 0.355. The lowest BCUT2D eigenvalue weighted by Gasteiger charge is -2.22. The van der Waals surface area contributed by atoms with Gasteiger partial charge in [-0.05, 0) is 43.3 Å². The van der Waals surface area contributed by atoms with Gasteiger partial charge in [0.25, 0.3) is 5.91 Å². The van der Waals surface area contributed by atoms with Gasteiger partial charge in [0.2, 0.25) is 0 Å². The second-order valence-corrected chi connectivity index (χ2v) is 8.33. The molecule has 0 fully saturated rings. The predicted molar refractivity (Wildman–Crippen MR) is 133 cm³/mol. The lowest BCUT2D eigenvalue weighted by molar-refractivity contribution is 0.0987. The normalized spacial score (nSPS) is 14.4. The van der Waals surface area contributed by atoms with Crippen LogP contribution in [0.15, 0.2) is 83.3 Å². The number of anilines is 1. The van der Waals surface area contributed by atoms with E-state index in [4.69, 9.17) is 9.47 Å². The molecule has 0 spiro atoms. The van der Waals surface area contributed by atoms with Crippen molar-refractivity contribution in [2.24, 2.45) is 0 Å². The topological polar surface area (TPSA) is 67.5 Å². The molecule has 5 rings (SSSR count). The largest absolute Gasteiger partial charge is 0.493 e. The number of nitrogens with zero attached hydrogens (tertiary/aromatic N) is 2. The van der Waals surface area contributed by atoms with Crippen LogP contribution in [0.5, 0.6) is 11.5 Å². The molecule has 0 aliphatic carbocycles. The van der Waals surface area contributed by atoms with E-state index in [-0.39, 0.29) is 11.9 Å². The van der Waals surface area contributed by atoms with E-state index in [0.717, 1.165) is 38.5 Å². The number of hydrogen-bond donors (Lipinski definition) is 1. The summed E-state index contributed by atoms with van der Waals surface area (Å²) in [7, 11) is 3.25. The number of aromatic nitrogens is 2. The summed E-state index contributed by atoms with van der Waals surface area (Å²) < 4.78 is 11.0. The Labute approximate surface area is 201 Å². The number of carbonyl (C=O) groups excluding carboxylic acids is 1. The molecule has 33 heavy (non-hydrogen) atoms. The summed E-state index contributed by atoms with van der Waals surface area (Å²) in [6.07, 6.45) is 0. The van der Waals surface area contributed by atoms with Crippen molar-refractivity contribution in [3.8, 4) is 22.8 Å². The Morgan fingerprint density at radius 1 is 0.879 bits per heavy atom. The zero-order chi connectivity index (χ0) is 23.4. The summed E-state index contributed by atoms with van der Waals surface area (Å²) in [6.45, 7) is 2.04. The number of methoxy groups -OCH3 is 2. The molecule has 0 saturated carbocycles. The molecular formula is C26H24BrN3O3. The minimum Gasteiger partial charge on any atom is -0.493 e. The third-order valence-corrected chi connectivity index (χ3v) is 6.01. The lowest BCUT2D eigenvalue weighted by atomic mass is 10.0. The highest BCUT2D eigenvalue weighted by Crippen LogP contribution is 2.41. The Bertz CT molecular complexity index is 1220. The van der Waals surface area contributed by atoms with Crippen LogP contribution in [0.1, 0.15) is 29.0 Å². The van der Waals surface area contributed by atoms with Crippen molar-refractivity contribution in [2.45, 2.75) is 13.0 Å². The number of ether oxygens (including phenoxy) is 2. The first kappa shape index (κ1) is 22.6. The molecule has 1 amide bonds. The molecule has 1 aliphatic rings. The monoisotopic (exact) mass is 505 g/mol. The Hall–Kier alpha value is -3.58. The van der Waals surface area contributed by atoms with E-state index in [9.17, 15) is 4.79 Å². The number of halogens is 1. The highest BCUT2D eigenvalue weighted by molar-refractivity contribution is 9.10. The number of fused-ring (bicyclic) bond motifs is 1. The Balaban J connectivity index is 0.000000219. The zero-order valence-electron chi connectivity index (χ0n) is 18.6. The van der Waals surface area contributed by atoms with Crippen molar-refractivity contribution >= 4 is 27.5 Å². The minimum atomic E-state index is -0.0581. The molecule has 0 radical (unpaired) electrons. The average molecular weight is 506 g/mol. The number of benzene rings is 3. The van der Waals surface area contributed by atoms with Gasteiger partial charge in [-0.2, -0.15) is 5.10 Å². The third kappa shape index (κ3) is 4.50. The second-order valence-electron chi connectivity index (χ2n) is 7.41. The fourth-order valence-electron chi connectivity index (χ4n) is 3.89. The van der Waals surface area contributed by atoms with Crippen LogP contribution < -0.4 is 14.4 Å². The van der Waals surface area contributed by atoms with Gasteiger partial charge in [0.15, 0.2) is 11.5 Å². The molecule has 0 saturated heterocycles. The summed E-state index contributed by atoms with van der Waals surface area (Å²) in [4.78, 5) is 14.6. The Kier molecular flexibility index (Phi) is 6.79. The van der Waals surface area contributed by atoms with E-state index in [1.54, 1.807) is 14.2 Å². The molecule has 6 nitrogen and oxygen atoms in total. The van der Waals surface area contributed by atoms with Crippen LogP contribution in [0.25, 0.3) is 11.3 Å². The first-order chi connectivity index (χ1) is 16.0. The van der Waals surface area contributed by atoms with Crippen LogP contribution in [0.3, 0.4) is 0 Å². The van der Waals surface area contributed by atoms with Gasteiger partial charge >= 0.3 is 0 Å². The fraction of sp³-hybridized carbons (Fsp3) is 0.154. The van der Waals surface area contributed by atoms with Crippen LogP contribution in [0.2, 0.25) is 0 Å². The number of H-pyrrole nitrogens is 1. The van der Waals surface area contributed by atoms with Crippen LogP contribution >= 0.6 is 15.9 Å². The van der Waals surface area contributed by atoms with Crippen molar-refractivity contribution in [3.05, 3.63) is 94.6 Å². The molecule has 1 aromatic heterocycles. The molecular weight excluding hydrogens is 482 g/mol. The highest BCUT2D eigenvalue weighted by atomic mass is 79.9. The van der Waals surface area contributed by atoms with Crippen LogP contribution in [-0.4, -0.2) is 30.3 Å². The van der Waals surface area contributed by atoms with E-state index in [1.807, 2.05) is 90.7 Å². The number of carbonyl (C=O) groups is 1. The summed E-state index contributed by atoms with van der Waals surface area (Å²) >= 11 is 3.44. The van der Waals surface area contributed by atoms with Gasteiger partial charge in [-0.25, -0.2) is 0 Å². The molecule has 1 atom stereocenters. The van der Waals surface area contributed by atoms with Gasteiger partial charge in [0, 0.05) is 21.3 Å². The van der Waals surface area contributed by atoms with Gasteiger partial charge in [0.05, 0.1) is 26.0 Å². The first-order valence-electron chi connectivity index (χ1n) is 10.4. The number of aromatic amines is 1. The van der Waals surface area contributed by atoms with Crippen molar-refractivity contribution in [3.63, 3.8) is 0 Å². The molecule has 7 heteroatoms. The number of hydrogen-bond acceptors (Lipinski definition) is 4. The first-order valence-corrected chi connectivity index (χ1v) is 11.2.